The second-order valence-electron chi connectivity index (χ2n) is 3.06. The fourth-order valence-corrected chi connectivity index (χ4v) is 1.55. The van der Waals surface area contributed by atoms with Gasteiger partial charge < -0.3 is 10.5 Å². The van der Waals surface area contributed by atoms with Crippen molar-refractivity contribution in [1.29, 1.82) is 0 Å². The number of nitrogen functional groups attached to an aromatic ring is 1. The standard InChI is InChI=1S/C10H6BrClFN3O/c11-6-2-1-5(13)3-7(6)17-10-8(14)9(12)15-4-16-10/h1-4H,14H2. The topological polar surface area (TPSA) is 61.0 Å². The summed E-state index contributed by atoms with van der Waals surface area (Å²) in [6.45, 7) is 0. The van der Waals surface area contributed by atoms with Crippen LogP contribution < -0.4 is 10.5 Å². The Balaban J connectivity index is 2.38. The van der Waals surface area contributed by atoms with Crippen LogP contribution in [0, 0.1) is 5.82 Å². The normalized spacial score (nSPS) is 10.3. The molecular formula is C10H6BrClFN3O. The minimum atomic E-state index is -0.429. The van der Waals surface area contributed by atoms with E-state index in [-0.39, 0.29) is 22.5 Å². The van der Waals surface area contributed by atoms with Crippen molar-refractivity contribution in [2.45, 2.75) is 0 Å². The lowest BCUT2D eigenvalue weighted by Crippen LogP contribution is -1.98. The zero-order valence-corrected chi connectivity index (χ0v) is 10.7. The van der Waals surface area contributed by atoms with Gasteiger partial charge in [0, 0.05) is 6.07 Å². The number of rotatable bonds is 2. The van der Waals surface area contributed by atoms with Gasteiger partial charge in [-0.2, -0.15) is 4.98 Å². The molecule has 2 aromatic rings. The van der Waals surface area contributed by atoms with Crippen molar-refractivity contribution in [3.8, 4) is 11.6 Å². The van der Waals surface area contributed by atoms with Gasteiger partial charge in [-0.05, 0) is 28.1 Å². The van der Waals surface area contributed by atoms with Crippen LogP contribution in [0.2, 0.25) is 5.15 Å². The Kier molecular flexibility index (Phi) is 3.44. The lowest BCUT2D eigenvalue weighted by atomic mass is 10.3. The highest BCUT2D eigenvalue weighted by molar-refractivity contribution is 9.10. The first-order valence-electron chi connectivity index (χ1n) is 4.47. The second kappa shape index (κ2) is 4.85. The average Bonchev–Trinajstić information content (AvgIpc) is 2.30. The Labute approximate surface area is 110 Å². The van der Waals surface area contributed by atoms with Gasteiger partial charge in [-0.15, -0.1) is 0 Å². The van der Waals surface area contributed by atoms with Crippen LogP contribution in [0.25, 0.3) is 0 Å². The van der Waals surface area contributed by atoms with Crippen molar-refractivity contribution >= 4 is 33.2 Å². The Morgan fingerprint density at radius 3 is 2.88 bits per heavy atom. The SMILES string of the molecule is Nc1c(Cl)ncnc1Oc1cc(F)ccc1Br. The zero-order chi connectivity index (χ0) is 12.4. The largest absolute Gasteiger partial charge is 0.436 e. The quantitative estimate of drug-likeness (QED) is 0.862. The van der Waals surface area contributed by atoms with E-state index in [2.05, 4.69) is 25.9 Å². The van der Waals surface area contributed by atoms with Gasteiger partial charge in [-0.25, -0.2) is 9.37 Å². The Morgan fingerprint density at radius 2 is 2.12 bits per heavy atom. The van der Waals surface area contributed by atoms with E-state index in [4.69, 9.17) is 22.1 Å². The van der Waals surface area contributed by atoms with Crippen LogP contribution >= 0.6 is 27.5 Å². The van der Waals surface area contributed by atoms with Gasteiger partial charge >= 0.3 is 0 Å². The van der Waals surface area contributed by atoms with Gasteiger partial charge in [0.25, 0.3) is 0 Å². The Hall–Kier alpha value is -1.40. The molecule has 2 N–H and O–H groups in total. The third kappa shape index (κ3) is 2.65. The predicted molar refractivity (Wildman–Crippen MR) is 65.6 cm³/mol. The van der Waals surface area contributed by atoms with Crippen LogP contribution in [0.5, 0.6) is 11.6 Å². The van der Waals surface area contributed by atoms with Crippen molar-refractivity contribution < 1.29 is 9.13 Å². The minimum absolute atomic E-state index is 0.0799. The number of benzene rings is 1. The molecule has 0 aliphatic heterocycles. The van der Waals surface area contributed by atoms with Gasteiger partial charge in [0.15, 0.2) is 5.15 Å². The Morgan fingerprint density at radius 1 is 1.35 bits per heavy atom. The molecule has 0 fully saturated rings. The number of hydrogen-bond donors (Lipinski definition) is 1. The number of ether oxygens (including phenoxy) is 1. The molecule has 0 radical (unpaired) electrons. The van der Waals surface area contributed by atoms with Crippen LogP contribution in [0.4, 0.5) is 10.1 Å². The van der Waals surface area contributed by atoms with Crippen molar-refractivity contribution in [1.82, 2.24) is 9.97 Å². The number of aromatic nitrogens is 2. The zero-order valence-electron chi connectivity index (χ0n) is 8.32. The van der Waals surface area contributed by atoms with E-state index in [9.17, 15) is 4.39 Å². The fraction of sp³-hybridized carbons (Fsp3) is 0. The summed E-state index contributed by atoms with van der Waals surface area (Å²) in [5, 5.41) is 0.0857. The first kappa shape index (κ1) is 12.1. The summed E-state index contributed by atoms with van der Waals surface area (Å²) in [6, 6.07) is 4.02. The summed E-state index contributed by atoms with van der Waals surface area (Å²) in [6.07, 6.45) is 1.21. The number of nitrogens with zero attached hydrogens (tertiary/aromatic N) is 2. The molecule has 88 valence electrons. The van der Waals surface area contributed by atoms with Gasteiger partial charge in [0.05, 0.1) is 4.47 Å². The van der Waals surface area contributed by atoms with Crippen LogP contribution in [-0.4, -0.2) is 9.97 Å². The Bertz CT molecular complexity index is 567. The summed E-state index contributed by atoms with van der Waals surface area (Å²) in [5.41, 5.74) is 5.73. The predicted octanol–water partition coefficient (Wildman–Crippen LogP) is 3.41. The van der Waals surface area contributed by atoms with Crippen molar-refractivity contribution in [2.24, 2.45) is 0 Å². The highest BCUT2D eigenvalue weighted by Gasteiger charge is 2.11. The molecule has 4 nitrogen and oxygen atoms in total. The number of hydrogen-bond acceptors (Lipinski definition) is 4. The molecule has 1 aromatic carbocycles. The molecule has 7 heteroatoms. The van der Waals surface area contributed by atoms with E-state index < -0.39 is 5.82 Å². The van der Waals surface area contributed by atoms with Crippen LogP contribution in [-0.2, 0) is 0 Å². The van der Waals surface area contributed by atoms with E-state index in [1.165, 1.54) is 24.5 Å². The smallest absolute Gasteiger partial charge is 0.247 e. The van der Waals surface area contributed by atoms with E-state index >= 15 is 0 Å². The van der Waals surface area contributed by atoms with Gasteiger partial charge in [-0.1, -0.05) is 11.6 Å². The molecule has 0 spiro atoms. The molecule has 0 bridgehead atoms. The molecule has 0 aliphatic rings. The molecule has 0 saturated heterocycles. The van der Waals surface area contributed by atoms with Crippen LogP contribution in [0.3, 0.4) is 0 Å². The molecule has 1 heterocycles. The minimum Gasteiger partial charge on any atom is -0.436 e. The highest BCUT2D eigenvalue weighted by Crippen LogP contribution is 2.33. The maximum Gasteiger partial charge on any atom is 0.247 e. The summed E-state index contributed by atoms with van der Waals surface area (Å²) >= 11 is 8.93. The molecule has 0 amide bonds. The second-order valence-corrected chi connectivity index (χ2v) is 4.27. The van der Waals surface area contributed by atoms with E-state index in [0.717, 1.165) is 0 Å². The highest BCUT2D eigenvalue weighted by atomic mass is 79.9. The summed E-state index contributed by atoms with van der Waals surface area (Å²) in [7, 11) is 0. The summed E-state index contributed by atoms with van der Waals surface area (Å²) in [4.78, 5) is 7.50. The van der Waals surface area contributed by atoms with Crippen molar-refractivity contribution in [2.75, 3.05) is 5.73 Å². The monoisotopic (exact) mass is 317 g/mol. The van der Waals surface area contributed by atoms with E-state index in [1.54, 1.807) is 0 Å². The molecule has 0 aliphatic carbocycles. The molecule has 0 atom stereocenters. The third-order valence-electron chi connectivity index (χ3n) is 1.90. The molecular weight excluding hydrogens is 312 g/mol. The lowest BCUT2D eigenvalue weighted by molar-refractivity contribution is 0.456. The van der Waals surface area contributed by atoms with Crippen LogP contribution in [0.1, 0.15) is 0 Å². The maximum atomic E-state index is 13.0. The molecule has 1 aromatic heterocycles. The fourth-order valence-electron chi connectivity index (χ4n) is 1.10. The van der Waals surface area contributed by atoms with Gasteiger partial charge in [0.2, 0.25) is 5.88 Å². The number of nitrogens with two attached hydrogens (primary N) is 1. The summed E-state index contributed by atoms with van der Waals surface area (Å²) in [5.74, 6) is -0.0929. The van der Waals surface area contributed by atoms with E-state index in [1.807, 2.05) is 0 Å². The van der Waals surface area contributed by atoms with Gasteiger partial charge in [0.1, 0.15) is 23.6 Å². The molecule has 2 rings (SSSR count). The molecule has 0 saturated carbocycles. The number of anilines is 1. The number of halogens is 3. The van der Waals surface area contributed by atoms with Crippen LogP contribution in [0.15, 0.2) is 29.0 Å². The average molecular weight is 319 g/mol. The summed E-state index contributed by atoms with van der Waals surface area (Å²) < 4.78 is 19.0. The van der Waals surface area contributed by atoms with Crippen molar-refractivity contribution in [3.05, 3.63) is 40.0 Å². The third-order valence-corrected chi connectivity index (χ3v) is 2.85. The van der Waals surface area contributed by atoms with Crippen molar-refractivity contribution in [3.63, 3.8) is 0 Å². The van der Waals surface area contributed by atoms with E-state index in [0.29, 0.717) is 4.47 Å². The lowest BCUT2D eigenvalue weighted by Gasteiger charge is -2.08. The molecule has 17 heavy (non-hydrogen) atoms. The first-order valence-corrected chi connectivity index (χ1v) is 5.64. The maximum absolute atomic E-state index is 13.0. The van der Waals surface area contributed by atoms with Gasteiger partial charge in [-0.3, -0.25) is 0 Å². The first-order chi connectivity index (χ1) is 8.08. The molecule has 0 unspecified atom stereocenters.